The Morgan fingerprint density at radius 3 is 1.63 bits per heavy atom. The van der Waals surface area contributed by atoms with Gasteiger partial charge in [-0.1, -0.05) is 200 Å². The third kappa shape index (κ3) is 5.13. The Morgan fingerprint density at radius 1 is 0.387 bits per heavy atom. The number of para-hydroxylation sites is 3. The van der Waals surface area contributed by atoms with Crippen LogP contribution in [0.4, 0.5) is 17.1 Å². The topological polar surface area (TPSA) is 18.3 Å². The van der Waals surface area contributed by atoms with E-state index in [0.29, 0.717) is 6.04 Å². The van der Waals surface area contributed by atoms with Crippen LogP contribution in [0.2, 0.25) is 0 Å². The second kappa shape index (κ2) is 13.9. The second-order valence-electron chi connectivity index (χ2n) is 17.2. The van der Waals surface area contributed by atoms with Crippen LogP contribution < -0.4 is 10.2 Å². The first-order valence-corrected chi connectivity index (χ1v) is 21.9. The van der Waals surface area contributed by atoms with Crippen LogP contribution in [0, 0.1) is 0 Å². The molecule has 3 nitrogen and oxygen atoms in total. The Kier molecular flexibility index (Phi) is 7.93. The van der Waals surface area contributed by atoms with Crippen LogP contribution in [0.5, 0.6) is 0 Å². The van der Waals surface area contributed by atoms with Gasteiger partial charge < -0.3 is 4.90 Å². The van der Waals surface area contributed by atoms with E-state index in [1.807, 2.05) is 0 Å². The normalized spacial score (nSPS) is 20.8. The quantitative estimate of drug-likeness (QED) is 0.169. The summed E-state index contributed by atoms with van der Waals surface area (Å²) in [6.45, 7) is 0. The van der Waals surface area contributed by atoms with Crippen LogP contribution in [0.1, 0.15) is 57.2 Å². The number of fused-ring (bicyclic) bond motifs is 10. The van der Waals surface area contributed by atoms with Gasteiger partial charge in [0.25, 0.3) is 0 Å². The highest BCUT2D eigenvalue weighted by Crippen LogP contribution is 2.64. The smallest absolute Gasteiger partial charge is 0.0875 e. The third-order valence-corrected chi connectivity index (χ3v) is 14.1. The summed E-state index contributed by atoms with van der Waals surface area (Å²) >= 11 is 0. The van der Waals surface area contributed by atoms with Crippen LogP contribution in [-0.4, -0.2) is 10.9 Å². The fourth-order valence-corrected chi connectivity index (χ4v) is 11.5. The molecule has 1 N–H and O–H groups in total. The molecule has 294 valence electrons. The summed E-state index contributed by atoms with van der Waals surface area (Å²) in [5.74, 6) is 0. The lowest BCUT2D eigenvalue weighted by Crippen LogP contribution is -2.36. The SMILES string of the molecule is c1ccc(-c2ccc(C3NC(c4ccccc4)C4C(c5ccccc5-c5ccc6c(c5)C5(c7ccccc7-6)c6ccccc6N(c6ccccc6)c6ccccc65)N34)cc2)cc1. The zero-order chi connectivity index (χ0) is 40.8. The monoisotopic (exact) mass is 793 g/mol. The van der Waals surface area contributed by atoms with E-state index >= 15 is 0 Å². The summed E-state index contributed by atoms with van der Waals surface area (Å²) in [7, 11) is 0. The third-order valence-electron chi connectivity index (χ3n) is 14.1. The molecule has 1 aliphatic carbocycles. The number of rotatable bonds is 6. The van der Waals surface area contributed by atoms with Crippen molar-refractivity contribution < 1.29 is 0 Å². The molecule has 3 heteroatoms. The Balaban J connectivity index is 0.957. The molecule has 13 rings (SSSR count). The van der Waals surface area contributed by atoms with E-state index in [4.69, 9.17) is 0 Å². The van der Waals surface area contributed by atoms with Crippen molar-refractivity contribution in [1.29, 1.82) is 0 Å². The molecule has 9 aromatic carbocycles. The fraction of sp³-hybridized carbons (Fsp3) is 0.0847. The van der Waals surface area contributed by atoms with Crippen LogP contribution in [0.15, 0.2) is 231 Å². The van der Waals surface area contributed by atoms with Crippen LogP contribution in [0.3, 0.4) is 0 Å². The Morgan fingerprint density at radius 2 is 0.919 bits per heavy atom. The van der Waals surface area contributed by atoms with Gasteiger partial charge in [-0.3, -0.25) is 10.2 Å². The maximum Gasteiger partial charge on any atom is 0.0875 e. The molecule has 4 aliphatic rings. The maximum atomic E-state index is 4.08. The molecule has 2 saturated heterocycles. The molecule has 2 fully saturated rings. The van der Waals surface area contributed by atoms with Gasteiger partial charge in [0.05, 0.1) is 41.1 Å². The van der Waals surface area contributed by atoms with Gasteiger partial charge in [0.2, 0.25) is 0 Å². The summed E-state index contributed by atoms with van der Waals surface area (Å²) in [5.41, 5.74) is 20.0. The van der Waals surface area contributed by atoms with Crippen molar-refractivity contribution in [3.8, 4) is 33.4 Å². The standard InChI is InChI=1S/C59H43N3/c1-4-18-39(19-5-1)40-32-34-42(35-33-40)58-60-55(41-20-6-2-7-21-41)57-56(62(57)58)48-26-11-10-24-45(48)43-36-37-47-46-25-12-13-27-49(46)59(52(47)38-43)50-28-14-16-30-53(50)61(44-22-8-3-9-23-44)54-31-17-15-29-51(54)59/h1-38,55-58,60H. The largest absolute Gasteiger partial charge is 0.310 e. The highest BCUT2D eigenvalue weighted by molar-refractivity contribution is 5.96. The van der Waals surface area contributed by atoms with Crippen molar-refractivity contribution in [2.24, 2.45) is 0 Å². The number of benzene rings is 9. The van der Waals surface area contributed by atoms with E-state index < -0.39 is 5.41 Å². The maximum absolute atomic E-state index is 4.08. The highest BCUT2D eigenvalue weighted by Gasteiger charge is 2.62. The molecule has 62 heavy (non-hydrogen) atoms. The first-order chi connectivity index (χ1) is 30.8. The lowest BCUT2D eigenvalue weighted by molar-refractivity contribution is 0.358. The van der Waals surface area contributed by atoms with Gasteiger partial charge in [0.1, 0.15) is 0 Å². The zero-order valence-corrected chi connectivity index (χ0v) is 34.1. The van der Waals surface area contributed by atoms with Crippen molar-refractivity contribution >= 4 is 17.1 Å². The average molecular weight is 794 g/mol. The van der Waals surface area contributed by atoms with Gasteiger partial charge in [-0.15, -0.1) is 0 Å². The van der Waals surface area contributed by atoms with E-state index in [0.717, 1.165) is 5.69 Å². The van der Waals surface area contributed by atoms with Gasteiger partial charge in [0, 0.05) is 5.69 Å². The number of hydrogen-bond acceptors (Lipinski definition) is 3. The zero-order valence-electron chi connectivity index (χ0n) is 34.1. The lowest BCUT2D eigenvalue weighted by Gasteiger charge is -2.45. The van der Waals surface area contributed by atoms with Gasteiger partial charge in [-0.2, -0.15) is 0 Å². The number of hydrogen-bond donors (Lipinski definition) is 1. The van der Waals surface area contributed by atoms with Gasteiger partial charge in [0.15, 0.2) is 0 Å². The summed E-state index contributed by atoms with van der Waals surface area (Å²) in [4.78, 5) is 5.17. The predicted molar refractivity (Wildman–Crippen MR) is 253 cm³/mol. The second-order valence-corrected chi connectivity index (χ2v) is 17.2. The Bertz CT molecular complexity index is 3090. The molecule has 0 saturated carbocycles. The van der Waals surface area contributed by atoms with Crippen LogP contribution >= 0.6 is 0 Å². The molecule has 0 bridgehead atoms. The molecule has 9 aromatic rings. The first kappa shape index (κ1) is 35.5. The van der Waals surface area contributed by atoms with E-state index in [9.17, 15) is 0 Å². The van der Waals surface area contributed by atoms with Crippen molar-refractivity contribution in [2.45, 2.75) is 29.7 Å². The van der Waals surface area contributed by atoms with E-state index in [1.165, 1.54) is 83.7 Å². The first-order valence-electron chi connectivity index (χ1n) is 21.9. The summed E-state index contributed by atoms with van der Waals surface area (Å²) < 4.78 is 0. The van der Waals surface area contributed by atoms with Crippen LogP contribution in [0.25, 0.3) is 33.4 Å². The summed E-state index contributed by atoms with van der Waals surface area (Å²) in [6.07, 6.45) is 0.0914. The molecule has 3 heterocycles. The molecule has 0 radical (unpaired) electrons. The van der Waals surface area contributed by atoms with Crippen LogP contribution in [-0.2, 0) is 5.41 Å². The molecule has 5 atom stereocenters. The van der Waals surface area contributed by atoms with Gasteiger partial charge in [-0.05, 0) is 103 Å². The van der Waals surface area contributed by atoms with Crippen molar-refractivity contribution in [3.05, 3.63) is 269 Å². The number of anilines is 3. The minimum Gasteiger partial charge on any atom is -0.310 e. The highest BCUT2D eigenvalue weighted by atomic mass is 15.5. The van der Waals surface area contributed by atoms with Crippen molar-refractivity contribution in [3.63, 3.8) is 0 Å². The molecular weight excluding hydrogens is 751 g/mol. The number of nitrogens with zero attached hydrogens (tertiary/aromatic N) is 2. The molecule has 0 aromatic heterocycles. The van der Waals surface area contributed by atoms with Gasteiger partial charge in [-0.25, -0.2) is 0 Å². The molecule has 1 spiro atoms. The molecule has 3 aliphatic heterocycles. The summed E-state index contributed by atoms with van der Waals surface area (Å²) in [6, 6.07) is 86.4. The number of nitrogens with one attached hydrogen (secondary N) is 1. The van der Waals surface area contributed by atoms with E-state index in [1.54, 1.807) is 0 Å². The van der Waals surface area contributed by atoms with E-state index in [2.05, 4.69) is 246 Å². The predicted octanol–water partition coefficient (Wildman–Crippen LogP) is 13.9. The lowest BCUT2D eigenvalue weighted by atomic mass is 9.64. The van der Waals surface area contributed by atoms with E-state index in [-0.39, 0.29) is 18.2 Å². The Labute approximate surface area is 363 Å². The van der Waals surface area contributed by atoms with Gasteiger partial charge >= 0.3 is 0 Å². The van der Waals surface area contributed by atoms with Crippen molar-refractivity contribution in [2.75, 3.05) is 4.90 Å². The Hall–Kier alpha value is -7.30. The molecule has 5 unspecified atom stereocenters. The molecule has 0 amide bonds. The minimum atomic E-state index is -0.506. The minimum absolute atomic E-state index is 0.0914. The fourth-order valence-electron chi connectivity index (χ4n) is 11.5. The molecular formula is C59H43N3. The average Bonchev–Trinajstić information content (AvgIpc) is 3.84. The summed E-state index contributed by atoms with van der Waals surface area (Å²) in [5, 5.41) is 4.08. The van der Waals surface area contributed by atoms with Crippen molar-refractivity contribution in [1.82, 2.24) is 10.2 Å².